The molecule has 1 N–H and O–H groups in total. The molecule has 0 saturated carbocycles. The van der Waals surface area contributed by atoms with Gasteiger partial charge < -0.3 is 19.9 Å². The Morgan fingerprint density at radius 3 is 2.83 bits per heavy atom. The zero-order valence-electron chi connectivity index (χ0n) is 10.4. The van der Waals surface area contributed by atoms with E-state index in [0.717, 1.165) is 12.8 Å². The Bertz CT molecular complexity index is 354. The third kappa shape index (κ3) is 2.05. The highest BCUT2D eigenvalue weighted by Gasteiger charge is 2.38. The number of ether oxygens (including phenoxy) is 1. The number of hydrogen-bond acceptors (Lipinski definition) is 3. The molecule has 6 nitrogen and oxygen atoms in total. The second-order valence-corrected chi connectivity index (χ2v) is 5.20. The number of carbonyl (C=O) groups excluding carboxylic acids is 2. The lowest BCUT2D eigenvalue weighted by molar-refractivity contribution is -0.140. The van der Waals surface area contributed by atoms with Gasteiger partial charge in [-0.15, -0.1) is 0 Å². The fraction of sp³-hybridized carbons (Fsp3) is 0.833. The first-order chi connectivity index (χ1) is 8.75. The molecule has 0 aliphatic carbocycles. The minimum absolute atomic E-state index is 0.0122. The highest BCUT2D eigenvalue weighted by molar-refractivity contribution is 5.81. The SMILES string of the molecule is O=C(C1CCOCC1)N1CCN2C(=O)NCC2C1. The lowest BCUT2D eigenvalue weighted by Gasteiger charge is -2.38. The summed E-state index contributed by atoms with van der Waals surface area (Å²) < 4.78 is 5.29. The number of carbonyl (C=O) groups is 2. The van der Waals surface area contributed by atoms with Crippen LogP contribution in [0.1, 0.15) is 12.8 Å². The molecule has 0 bridgehead atoms. The normalized spacial score (nSPS) is 29.1. The molecule has 1 unspecified atom stereocenters. The maximum absolute atomic E-state index is 12.4. The molecule has 6 heteroatoms. The van der Waals surface area contributed by atoms with E-state index < -0.39 is 0 Å². The van der Waals surface area contributed by atoms with E-state index in [2.05, 4.69) is 5.32 Å². The van der Waals surface area contributed by atoms with Crippen LogP contribution in [-0.4, -0.2) is 67.2 Å². The molecular weight excluding hydrogens is 234 g/mol. The van der Waals surface area contributed by atoms with Gasteiger partial charge in [-0.3, -0.25) is 4.79 Å². The van der Waals surface area contributed by atoms with E-state index in [0.29, 0.717) is 39.4 Å². The summed E-state index contributed by atoms with van der Waals surface area (Å²) in [6, 6.07) is 0.174. The van der Waals surface area contributed by atoms with Gasteiger partial charge >= 0.3 is 6.03 Å². The van der Waals surface area contributed by atoms with Crippen LogP contribution < -0.4 is 5.32 Å². The molecule has 3 heterocycles. The Morgan fingerprint density at radius 2 is 2.06 bits per heavy atom. The molecule has 0 aromatic carbocycles. The van der Waals surface area contributed by atoms with E-state index in [1.807, 2.05) is 9.80 Å². The Labute approximate surface area is 106 Å². The first-order valence-corrected chi connectivity index (χ1v) is 6.66. The zero-order chi connectivity index (χ0) is 12.5. The van der Waals surface area contributed by atoms with Gasteiger partial charge in [0.2, 0.25) is 5.91 Å². The van der Waals surface area contributed by atoms with E-state index in [-0.39, 0.29) is 23.9 Å². The summed E-state index contributed by atoms with van der Waals surface area (Å²) in [4.78, 5) is 27.6. The molecule has 0 spiro atoms. The van der Waals surface area contributed by atoms with Crippen molar-refractivity contribution in [2.75, 3.05) is 39.4 Å². The van der Waals surface area contributed by atoms with Crippen molar-refractivity contribution in [2.45, 2.75) is 18.9 Å². The Balaban J connectivity index is 1.60. The van der Waals surface area contributed by atoms with E-state index in [1.54, 1.807) is 0 Å². The van der Waals surface area contributed by atoms with Crippen molar-refractivity contribution in [3.05, 3.63) is 0 Å². The van der Waals surface area contributed by atoms with Crippen LogP contribution in [0.4, 0.5) is 4.79 Å². The Hall–Kier alpha value is -1.30. The number of piperazine rings is 1. The van der Waals surface area contributed by atoms with E-state index >= 15 is 0 Å². The molecule has 3 aliphatic heterocycles. The minimum Gasteiger partial charge on any atom is -0.381 e. The molecular formula is C12H19N3O3. The summed E-state index contributed by atoms with van der Waals surface area (Å²) >= 11 is 0. The largest absolute Gasteiger partial charge is 0.381 e. The topological polar surface area (TPSA) is 61.9 Å². The molecule has 3 saturated heterocycles. The third-order valence-corrected chi connectivity index (χ3v) is 4.11. The average Bonchev–Trinajstić information content (AvgIpc) is 2.80. The highest BCUT2D eigenvalue weighted by Crippen LogP contribution is 2.21. The standard InChI is InChI=1S/C12H19N3O3/c16-11(9-1-5-18-6-2-9)14-3-4-15-10(8-14)7-13-12(15)17/h9-10H,1-8H2,(H,13,17). The predicted molar refractivity (Wildman–Crippen MR) is 64.0 cm³/mol. The maximum Gasteiger partial charge on any atom is 0.317 e. The fourth-order valence-electron chi connectivity index (χ4n) is 3.01. The van der Waals surface area contributed by atoms with Crippen molar-refractivity contribution >= 4 is 11.9 Å². The lowest BCUT2D eigenvalue weighted by Crippen LogP contribution is -2.55. The van der Waals surface area contributed by atoms with Crippen molar-refractivity contribution in [3.8, 4) is 0 Å². The highest BCUT2D eigenvalue weighted by atomic mass is 16.5. The van der Waals surface area contributed by atoms with Gasteiger partial charge in [-0.1, -0.05) is 0 Å². The number of rotatable bonds is 1. The lowest BCUT2D eigenvalue weighted by atomic mass is 9.98. The molecule has 0 aromatic heterocycles. The summed E-state index contributed by atoms with van der Waals surface area (Å²) in [5.74, 6) is 0.368. The van der Waals surface area contributed by atoms with Gasteiger partial charge in [0.25, 0.3) is 0 Å². The monoisotopic (exact) mass is 253 g/mol. The average molecular weight is 253 g/mol. The second kappa shape index (κ2) is 4.76. The number of nitrogens with one attached hydrogen (secondary N) is 1. The molecule has 1 atom stereocenters. The first-order valence-electron chi connectivity index (χ1n) is 6.66. The predicted octanol–water partition coefficient (Wildman–Crippen LogP) is -0.351. The summed E-state index contributed by atoms with van der Waals surface area (Å²) in [7, 11) is 0. The molecule has 18 heavy (non-hydrogen) atoms. The molecule has 0 radical (unpaired) electrons. The van der Waals surface area contributed by atoms with Gasteiger partial charge in [-0.05, 0) is 12.8 Å². The third-order valence-electron chi connectivity index (χ3n) is 4.11. The maximum atomic E-state index is 12.4. The molecule has 3 fully saturated rings. The van der Waals surface area contributed by atoms with Crippen molar-refractivity contribution in [1.82, 2.24) is 15.1 Å². The molecule has 3 amide bonds. The summed E-state index contributed by atoms with van der Waals surface area (Å²) in [6.07, 6.45) is 1.67. The summed E-state index contributed by atoms with van der Waals surface area (Å²) in [5, 5.41) is 2.83. The molecule has 3 rings (SSSR count). The van der Waals surface area contributed by atoms with Crippen LogP contribution in [0.2, 0.25) is 0 Å². The number of nitrogens with zero attached hydrogens (tertiary/aromatic N) is 2. The van der Waals surface area contributed by atoms with Crippen LogP contribution in [-0.2, 0) is 9.53 Å². The van der Waals surface area contributed by atoms with Crippen LogP contribution in [0.3, 0.4) is 0 Å². The molecule has 0 aromatic rings. The van der Waals surface area contributed by atoms with Gasteiger partial charge in [0.05, 0.1) is 6.04 Å². The van der Waals surface area contributed by atoms with E-state index in [1.165, 1.54) is 0 Å². The van der Waals surface area contributed by atoms with Gasteiger partial charge in [0.1, 0.15) is 0 Å². The number of urea groups is 1. The van der Waals surface area contributed by atoms with Crippen molar-refractivity contribution in [3.63, 3.8) is 0 Å². The van der Waals surface area contributed by atoms with Crippen molar-refractivity contribution in [2.24, 2.45) is 5.92 Å². The van der Waals surface area contributed by atoms with Crippen LogP contribution in [0.15, 0.2) is 0 Å². The summed E-state index contributed by atoms with van der Waals surface area (Å²) in [5.41, 5.74) is 0. The summed E-state index contributed by atoms with van der Waals surface area (Å²) in [6.45, 7) is 4.05. The van der Waals surface area contributed by atoms with E-state index in [9.17, 15) is 9.59 Å². The second-order valence-electron chi connectivity index (χ2n) is 5.20. The number of amides is 3. The number of fused-ring (bicyclic) bond motifs is 1. The van der Waals surface area contributed by atoms with Crippen LogP contribution in [0.25, 0.3) is 0 Å². The van der Waals surface area contributed by atoms with E-state index in [4.69, 9.17) is 4.74 Å². The van der Waals surface area contributed by atoms with Crippen LogP contribution in [0.5, 0.6) is 0 Å². The number of hydrogen-bond donors (Lipinski definition) is 1. The molecule has 100 valence electrons. The Morgan fingerprint density at radius 1 is 1.28 bits per heavy atom. The van der Waals surface area contributed by atoms with Gasteiger partial charge in [0.15, 0.2) is 0 Å². The fourth-order valence-corrected chi connectivity index (χ4v) is 3.01. The van der Waals surface area contributed by atoms with Crippen LogP contribution in [0, 0.1) is 5.92 Å². The smallest absolute Gasteiger partial charge is 0.317 e. The van der Waals surface area contributed by atoms with Crippen LogP contribution >= 0.6 is 0 Å². The van der Waals surface area contributed by atoms with Crippen molar-refractivity contribution in [1.29, 1.82) is 0 Å². The van der Waals surface area contributed by atoms with Crippen molar-refractivity contribution < 1.29 is 14.3 Å². The quantitative estimate of drug-likeness (QED) is 0.695. The molecule has 3 aliphatic rings. The van der Waals surface area contributed by atoms with Gasteiger partial charge in [-0.2, -0.15) is 0 Å². The first kappa shape index (κ1) is 11.8. The Kier molecular flexibility index (Phi) is 3.11. The zero-order valence-corrected chi connectivity index (χ0v) is 10.4. The minimum atomic E-state index is 0.0122. The van der Waals surface area contributed by atoms with Gasteiger partial charge in [0, 0.05) is 45.3 Å². The van der Waals surface area contributed by atoms with Gasteiger partial charge in [-0.25, -0.2) is 4.79 Å².